The number of carbonyl (C=O) groups is 4. The maximum Gasteiger partial charge on any atom is 0.314 e. The summed E-state index contributed by atoms with van der Waals surface area (Å²) < 4.78 is 0. The predicted molar refractivity (Wildman–Crippen MR) is 109 cm³/mol. The van der Waals surface area contributed by atoms with Gasteiger partial charge < -0.3 is 20.9 Å². The van der Waals surface area contributed by atoms with Crippen LogP contribution in [0.3, 0.4) is 0 Å². The molecule has 2 aromatic carbocycles. The van der Waals surface area contributed by atoms with Crippen LogP contribution in [0.4, 0.5) is 22.7 Å². The van der Waals surface area contributed by atoms with E-state index in [1.54, 1.807) is 35.2 Å². The number of aryl methyl sites for hydroxylation is 1. The highest BCUT2D eigenvalue weighted by Crippen LogP contribution is 2.38. The number of rotatable bonds is 3. The average molecular weight is 392 g/mol. The Morgan fingerprint density at radius 3 is 2.28 bits per heavy atom. The van der Waals surface area contributed by atoms with E-state index in [0.717, 1.165) is 36.2 Å². The Bertz CT molecular complexity index is 1050. The second kappa shape index (κ2) is 7.38. The van der Waals surface area contributed by atoms with Gasteiger partial charge in [0.25, 0.3) is 0 Å². The van der Waals surface area contributed by atoms with Gasteiger partial charge in [0, 0.05) is 30.5 Å². The third kappa shape index (κ3) is 3.82. The molecule has 0 unspecified atom stereocenters. The van der Waals surface area contributed by atoms with Crippen LogP contribution >= 0.6 is 0 Å². The molecule has 0 aromatic heterocycles. The van der Waals surface area contributed by atoms with E-state index in [-0.39, 0.29) is 11.8 Å². The summed E-state index contributed by atoms with van der Waals surface area (Å²) in [5.74, 6) is -1.79. The van der Waals surface area contributed by atoms with Crippen molar-refractivity contribution >= 4 is 46.4 Å². The fraction of sp³-hybridized carbons (Fsp3) is 0.238. The minimum absolute atomic E-state index is 0.0706. The summed E-state index contributed by atoms with van der Waals surface area (Å²) in [6, 6.07) is 10.1. The van der Waals surface area contributed by atoms with Crippen LogP contribution < -0.4 is 20.9 Å². The molecule has 0 saturated carbocycles. The zero-order valence-electron chi connectivity index (χ0n) is 15.9. The van der Waals surface area contributed by atoms with Crippen LogP contribution in [0.1, 0.15) is 24.5 Å². The summed E-state index contributed by atoms with van der Waals surface area (Å²) in [6.45, 7) is 2.11. The van der Waals surface area contributed by atoms with E-state index >= 15 is 0 Å². The van der Waals surface area contributed by atoms with E-state index in [1.165, 1.54) is 6.92 Å². The number of hydrogen-bond acceptors (Lipinski definition) is 4. The fourth-order valence-electron chi connectivity index (χ4n) is 3.81. The quantitative estimate of drug-likeness (QED) is 0.695. The van der Waals surface area contributed by atoms with Crippen LogP contribution in [0.15, 0.2) is 36.4 Å². The Morgan fingerprint density at radius 1 is 0.897 bits per heavy atom. The smallest absolute Gasteiger partial charge is 0.314 e. The van der Waals surface area contributed by atoms with Crippen molar-refractivity contribution in [3.8, 4) is 0 Å². The van der Waals surface area contributed by atoms with Crippen molar-refractivity contribution in [3.05, 3.63) is 47.5 Å². The van der Waals surface area contributed by atoms with Crippen LogP contribution in [0.25, 0.3) is 0 Å². The van der Waals surface area contributed by atoms with Crippen molar-refractivity contribution in [2.75, 3.05) is 27.4 Å². The molecule has 148 valence electrons. The summed E-state index contributed by atoms with van der Waals surface area (Å²) in [5, 5.41) is 7.75. The van der Waals surface area contributed by atoms with Crippen LogP contribution in [-0.4, -0.2) is 30.2 Å². The average Bonchev–Trinajstić information content (AvgIpc) is 2.98. The van der Waals surface area contributed by atoms with Crippen LogP contribution in [0, 0.1) is 0 Å². The zero-order chi connectivity index (χ0) is 20.5. The van der Waals surface area contributed by atoms with Crippen molar-refractivity contribution in [3.63, 3.8) is 0 Å². The molecule has 8 heteroatoms. The monoisotopic (exact) mass is 392 g/mol. The Labute approximate surface area is 167 Å². The van der Waals surface area contributed by atoms with Crippen molar-refractivity contribution in [1.29, 1.82) is 0 Å². The number of carbonyl (C=O) groups excluding carboxylic acids is 4. The van der Waals surface area contributed by atoms with Crippen molar-refractivity contribution in [2.45, 2.75) is 26.2 Å². The fourth-order valence-corrected chi connectivity index (χ4v) is 3.81. The van der Waals surface area contributed by atoms with Crippen molar-refractivity contribution < 1.29 is 19.2 Å². The van der Waals surface area contributed by atoms with Gasteiger partial charge in [-0.05, 0) is 54.3 Å². The van der Waals surface area contributed by atoms with Gasteiger partial charge in [-0.15, -0.1) is 0 Å². The Morgan fingerprint density at radius 2 is 1.55 bits per heavy atom. The maximum atomic E-state index is 12.4. The van der Waals surface area contributed by atoms with Gasteiger partial charge in [-0.1, -0.05) is 6.07 Å². The largest absolute Gasteiger partial charge is 0.326 e. The zero-order valence-corrected chi connectivity index (χ0v) is 15.9. The molecule has 3 N–H and O–H groups in total. The molecule has 2 aliphatic rings. The molecule has 2 aromatic rings. The lowest BCUT2D eigenvalue weighted by Gasteiger charge is -2.26. The highest BCUT2D eigenvalue weighted by molar-refractivity contribution is 6.43. The Hall–Kier alpha value is -3.68. The molecule has 0 saturated heterocycles. The van der Waals surface area contributed by atoms with Crippen molar-refractivity contribution in [1.82, 2.24) is 0 Å². The molecule has 0 bridgehead atoms. The summed E-state index contributed by atoms with van der Waals surface area (Å²) in [4.78, 5) is 49.7. The summed E-state index contributed by atoms with van der Waals surface area (Å²) in [7, 11) is 0. The first-order valence-electron chi connectivity index (χ1n) is 9.37. The number of amides is 4. The molecule has 4 rings (SSSR count). The van der Waals surface area contributed by atoms with Crippen LogP contribution in [0.5, 0.6) is 0 Å². The molecule has 0 aliphatic carbocycles. The lowest BCUT2D eigenvalue weighted by molar-refractivity contribution is -0.132. The first kappa shape index (κ1) is 18.7. The Balaban J connectivity index is 1.46. The van der Waals surface area contributed by atoms with Crippen LogP contribution in [0.2, 0.25) is 0 Å². The molecular formula is C21H20N4O4. The minimum atomic E-state index is -0.822. The highest BCUT2D eigenvalue weighted by Gasteiger charge is 2.32. The molecule has 4 amide bonds. The first-order valence-corrected chi connectivity index (χ1v) is 9.37. The number of nitrogens with zero attached hydrogens (tertiary/aromatic N) is 1. The molecule has 0 atom stereocenters. The van der Waals surface area contributed by atoms with E-state index in [0.29, 0.717) is 23.5 Å². The first-order chi connectivity index (χ1) is 13.9. The molecule has 2 aliphatic heterocycles. The van der Waals surface area contributed by atoms with Gasteiger partial charge in [-0.2, -0.15) is 0 Å². The molecule has 2 heterocycles. The topological polar surface area (TPSA) is 108 Å². The lowest BCUT2D eigenvalue weighted by atomic mass is 9.99. The van der Waals surface area contributed by atoms with Gasteiger partial charge in [-0.3, -0.25) is 19.2 Å². The van der Waals surface area contributed by atoms with E-state index in [4.69, 9.17) is 0 Å². The molecular weight excluding hydrogens is 372 g/mol. The van der Waals surface area contributed by atoms with Crippen molar-refractivity contribution in [2.24, 2.45) is 0 Å². The summed E-state index contributed by atoms with van der Waals surface area (Å²) in [5.41, 5.74) is 4.26. The standard InChI is InChI=1S/C21H20N4O4/c1-12(26)22-15-5-2-6-16(11-15)23-20(28)21(29)24-17-8-13-4-3-7-25-18(27)10-14(9-17)19(13)25/h2,5-6,8-9,11H,3-4,7,10H2,1H3,(H,22,26)(H,23,28)(H,24,29). The number of nitrogens with one attached hydrogen (secondary N) is 3. The van der Waals surface area contributed by atoms with Crippen LogP contribution in [-0.2, 0) is 32.0 Å². The van der Waals surface area contributed by atoms with Gasteiger partial charge in [0.1, 0.15) is 0 Å². The van der Waals surface area contributed by atoms with E-state index in [1.807, 2.05) is 6.07 Å². The van der Waals surface area contributed by atoms with E-state index in [9.17, 15) is 19.2 Å². The molecule has 29 heavy (non-hydrogen) atoms. The van der Waals surface area contributed by atoms with Gasteiger partial charge in [0.2, 0.25) is 11.8 Å². The number of hydrogen-bond donors (Lipinski definition) is 3. The third-order valence-corrected chi connectivity index (χ3v) is 4.91. The summed E-state index contributed by atoms with van der Waals surface area (Å²) >= 11 is 0. The summed E-state index contributed by atoms with van der Waals surface area (Å²) in [6.07, 6.45) is 2.02. The van der Waals surface area contributed by atoms with Gasteiger partial charge in [-0.25, -0.2) is 0 Å². The molecule has 8 nitrogen and oxygen atoms in total. The Kier molecular flexibility index (Phi) is 4.75. The van der Waals surface area contributed by atoms with E-state index in [2.05, 4.69) is 16.0 Å². The van der Waals surface area contributed by atoms with E-state index < -0.39 is 11.8 Å². The second-order valence-corrected chi connectivity index (χ2v) is 7.14. The van der Waals surface area contributed by atoms with Gasteiger partial charge in [0.05, 0.1) is 12.1 Å². The second-order valence-electron chi connectivity index (χ2n) is 7.14. The molecule has 0 spiro atoms. The molecule has 0 fully saturated rings. The predicted octanol–water partition coefficient (Wildman–Crippen LogP) is 2.06. The number of anilines is 4. The maximum absolute atomic E-state index is 12.4. The number of benzene rings is 2. The molecule has 0 radical (unpaired) electrons. The normalized spacial score (nSPS) is 14.2. The SMILES string of the molecule is CC(=O)Nc1cccc(NC(=O)C(=O)Nc2cc3c4c(c2)CC(=O)N4CCC3)c1. The highest BCUT2D eigenvalue weighted by atomic mass is 16.2. The van der Waals surface area contributed by atoms with Gasteiger partial charge in [0.15, 0.2) is 0 Å². The van der Waals surface area contributed by atoms with Gasteiger partial charge >= 0.3 is 11.8 Å². The minimum Gasteiger partial charge on any atom is -0.326 e. The third-order valence-electron chi connectivity index (χ3n) is 4.91. The lowest BCUT2D eigenvalue weighted by Crippen LogP contribution is -2.31.